The Kier molecular flexibility index (Phi) is 8.36. The summed E-state index contributed by atoms with van der Waals surface area (Å²) in [6.45, 7) is 8.05. The van der Waals surface area contributed by atoms with Crippen molar-refractivity contribution in [3.63, 3.8) is 0 Å². The van der Waals surface area contributed by atoms with Gasteiger partial charge in [0.05, 0.1) is 25.2 Å². The van der Waals surface area contributed by atoms with Crippen LogP contribution in [-0.4, -0.2) is 43.7 Å². The molecule has 1 N–H and O–H groups in total. The van der Waals surface area contributed by atoms with Crippen molar-refractivity contribution in [3.8, 4) is 5.75 Å². The summed E-state index contributed by atoms with van der Waals surface area (Å²) in [4.78, 5) is 18.7. The fraction of sp³-hybridized carbons (Fsp3) is 0.312. The zero-order valence-electron chi connectivity index (χ0n) is 23.6. The van der Waals surface area contributed by atoms with Gasteiger partial charge in [-0.25, -0.2) is 4.68 Å². The number of rotatable bonds is 11. The lowest BCUT2D eigenvalue weighted by Gasteiger charge is -2.30. The van der Waals surface area contributed by atoms with E-state index < -0.39 is 0 Å². The SMILES string of the molecule is CC[C@@H](c1nnnn1Cc1ccc(OC)cc1)N(CCc1cccc(C)c1)Cc1cc2cccc(C)c2[nH]c1=O. The summed E-state index contributed by atoms with van der Waals surface area (Å²) in [5.41, 5.74) is 6.20. The van der Waals surface area contributed by atoms with Crippen molar-refractivity contribution in [2.75, 3.05) is 13.7 Å². The van der Waals surface area contributed by atoms with Gasteiger partial charge in [-0.15, -0.1) is 5.10 Å². The summed E-state index contributed by atoms with van der Waals surface area (Å²) in [7, 11) is 1.66. The largest absolute Gasteiger partial charge is 0.497 e. The van der Waals surface area contributed by atoms with E-state index in [1.54, 1.807) is 7.11 Å². The van der Waals surface area contributed by atoms with E-state index in [0.29, 0.717) is 13.1 Å². The second-order valence-corrected chi connectivity index (χ2v) is 10.3. The second-order valence-electron chi connectivity index (χ2n) is 10.3. The smallest absolute Gasteiger partial charge is 0.252 e. The maximum atomic E-state index is 13.3. The number of aromatic amines is 1. The van der Waals surface area contributed by atoms with E-state index in [0.717, 1.165) is 58.6 Å². The highest BCUT2D eigenvalue weighted by molar-refractivity contribution is 5.81. The molecule has 0 aliphatic heterocycles. The Morgan fingerprint density at radius 3 is 2.55 bits per heavy atom. The van der Waals surface area contributed by atoms with Crippen molar-refractivity contribution in [2.24, 2.45) is 0 Å². The Balaban J connectivity index is 1.47. The average molecular weight is 537 g/mol. The monoisotopic (exact) mass is 536 g/mol. The molecule has 206 valence electrons. The molecule has 40 heavy (non-hydrogen) atoms. The van der Waals surface area contributed by atoms with Crippen molar-refractivity contribution >= 4 is 10.9 Å². The fourth-order valence-electron chi connectivity index (χ4n) is 5.32. The fourth-order valence-corrected chi connectivity index (χ4v) is 5.32. The molecule has 8 nitrogen and oxygen atoms in total. The minimum atomic E-state index is -0.0781. The van der Waals surface area contributed by atoms with Crippen LogP contribution in [0.1, 0.15) is 53.0 Å². The lowest BCUT2D eigenvalue weighted by atomic mass is 10.0. The number of ether oxygens (including phenoxy) is 1. The number of aryl methyl sites for hydroxylation is 2. The van der Waals surface area contributed by atoms with Gasteiger partial charge in [-0.3, -0.25) is 9.69 Å². The Morgan fingerprint density at radius 2 is 1.80 bits per heavy atom. The molecule has 1 atom stereocenters. The van der Waals surface area contributed by atoms with E-state index in [1.165, 1.54) is 11.1 Å². The number of H-pyrrole nitrogens is 1. The van der Waals surface area contributed by atoms with Gasteiger partial charge in [0.15, 0.2) is 5.82 Å². The van der Waals surface area contributed by atoms with Gasteiger partial charge < -0.3 is 9.72 Å². The zero-order chi connectivity index (χ0) is 28.1. The zero-order valence-corrected chi connectivity index (χ0v) is 23.6. The van der Waals surface area contributed by atoms with E-state index in [4.69, 9.17) is 4.74 Å². The Hall–Kier alpha value is -4.30. The van der Waals surface area contributed by atoms with Crippen LogP contribution in [0.5, 0.6) is 5.75 Å². The van der Waals surface area contributed by atoms with Crippen LogP contribution in [-0.2, 0) is 19.5 Å². The minimum Gasteiger partial charge on any atom is -0.497 e. The van der Waals surface area contributed by atoms with Crippen molar-refractivity contribution in [2.45, 2.75) is 52.7 Å². The number of pyridine rings is 1. The van der Waals surface area contributed by atoms with Crippen LogP contribution in [0.2, 0.25) is 0 Å². The van der Waals surface area contributed by atoms with Crippen LogP contribution in [0.15, 0.2) is 77.6 Å². The quantitative estimate of drug-likeness (QED) is 0.244. The number of tetrazole rings is 1. The van der Waals surface area contributed by atoms with Crippen molar-refractivity contribution in [1.29, 1.82) is 0 Å². The molecule has 0 fully saturated rings. The third-order valence-electron chi connectivity index (χ3n) is 7.49. The summed E-state index contributed by atoms with van der Waals surface area (Å²) in [6.07, 6.45) is 1.64. The lowest BCUT2D eigenvalue weighted by molar-refractivity contribution is 0.172. The number of methoxy groups -OCH3 is 1. The van der Waals surface area contributed by atoms with Crippen LogP contribution in [0, 0.1) is 13.8 Å². The highest BCUT2D eigenvalue weighted by atomic mass is 16.5. The molecule has 0 amide bonds. The standard InChI is InChI=1S/C32H36N6O2/c1-5-29(31-34-35-36-38(31)20-25-12-14-28(40-4)15-13-25)37(17-16-24-10-6-8-22(2)18-24)21-27-19-26-11-7-9-23(3)30(26)33-32(27)39/h6-15,18-19,29H,5,16-17,20-21H2,1-4H3,(H,33,39)/t29-/m0/s1. The van der Waals surface area contributed by atoms with Crippen molar-refractivity contribution in [3.05, 3.63) is 117 Å². The molecule has 5 aromatic rings. The summed E-state index contributed by atoms with van der Waals surface area (Å²) < 4.78 is 7.17. The van der Waals surface area contributed by atoms with Crippen LogP contribution >= 0.6 is 0 Å². The van der Waals surface area contributed by atoms with Gasteiger partial charge in [0.1, 0.15) is 5.75 Å². The molecular formula is C32H36N6O2. The number of fused-ring (bicyclic) bond motifs is 1. The maximum Gasteiger partial charge on any atom is 0.252 e. The van der Waals surface area contributed by atoms with Gasteiger partial charge in [0.25, 0.3) is 5.56 Å². The number of hydrogen-bond acceptors (Lipinski definition) is 6. The molecule has 0 unspecified atom stereocenters. The van der Waals surface area contributed by atoms with Gasteiger partial charge >= 0.3 is 0 Å². The minimum absolute atomic E-state index is 0.0602. The van der Waals surface area contributed by atoms with E-state index in [2.05, 4.69) is 63.5 Å². The summed E-state index contributed by atoms with van der Waals surface area (Å²) in [5, 5.41) is 13.9. The molecule has 0 aliphatic carbocycles. The number of nitrogens with zero attached hydrogens (tertiary/aromatic N) is 5. The third-order valence-corrected chi connectivity index (χ3v) is 7.49. The first-order chi connectivity index (χ1) is 19.4. The first kappa shape index (κ1) is 27.3. The molecule has 3 aromatic carbocycles. The molecule has 8 heteroatoms. The average Bonchev–Trinajstić information content (AvgIpc) is 3.41. The van der Waals surface area contributed by atoms with Crippen molar-refractivity contribution in [1.82, 2.24) is 30.1 Å². The van der Waals surface area contributed by atoms with Crippen LogP contribution in [0.25, 0.3) is 10.9 Å². The van der Waals surface area contributed by atoms with Gasteiger partial charge in [0, 0.05) is 18.7 Å². The molecule has 5 rings (SSSR count). The maximum absolute atomic E-state index is 13.3. The van der Waals surface area contributed by atoms with Gasteiger partial charge in [-0.1, -0.05) is 67.1 Å². The Morgan fingerprint density at radius 1 is 1.00 bits per heavy atom. The number of aromatic nitrogens is 5. The number of nitrogens with one attached hydrogen (secondary N) is 1. The van der Waals surface area contributed by atoms with Crippen LogP contribution < -0.4 is 10.3 Å². The second kappa shape index (κ2) is 12.3. The molecule has 0 radical (unpaired) electrons. The topological polar surface area (TPSA) is 88.9 Å². The highest BCUT2D eigenvalue weighted by Gasteiger charge is 2.26. The Bertz CT molecular complexity index is 1640. The van der Waals surface area contributed by atoms with E-state index >= 15 is 0 Å². The third kappa shape index (κ3) is 6.13. The van der Waals surface area contributed by atoms with Crippen LogP contribution in [0.4, 0.5) is 0 Å². The van der Waals surface area contributed by atoms with Gasteiger partial charge in [-0.2, -0.15) is 0 Å². The predicted molar refractivity (Wildman–Crippen MR) is 158 cm³/mol. The molecule has 0 spiro atoms. The predicted octanol–water partition coefficient (Wildman–Crippen LogP) is 5.38. The van der Waals surface area contributed by atoms with E-state index in [9.17, 15) is 4.79 Å². The molecule has 0 saturated heterocycles. The van der Waals surface area contributed by atoms with Gasteiger partial charge in [0.2, 0.25) is 0 Å². The normalized spacial score (nSPS) is 12.2. The molecule has 2 heterocycles. The van der Waals surface area contributed by atoms with Gasteiger partial charge in [-0.05, 0) is 77.4 Å². The molecule has 0 saturated carbocycles. The first-order valence-corrected chi connectivity index (χ1v) is 13.7. The number of para-hydroxylation sites is 1. The summed E-state index contributed by atoms with van der Waals surface area (Å²) in [5.74, 6) is 1.60. The summed E-state index contributed by atoms with van der Waals surface area (Å²) in [6, 6.07) is 24.6. The molecule has 0 aliphatic rings. The lowest BCUT2D eigenvalue weighted by Crippen LogP contribution is -2.34. The molecular weight excluding hydrogens is 500 g/mol. The Labute approximate surface area is 234 Å². The van der Waals surface area contributed by atoms with Crippen molar-refractivity contribution < 1.29 is 4.74 Å². The highest BCUT2D eigenvalue weighted by Crippen LogP contribution is 2.26. The number of benzene rings is 3. The number of hydrogen-bond donors (Lipinski definition) is 1. The molecule has 0 bridgehead atoms. The van der Waals surface area contributed by atoms with Crippen LogP contribution in [0.3, 0.4) is 0 Å². The molecule has 2 aromatic heterocycles. The van der Waals surface area contributed by atoms with E-state index in [-0.39, 0.29) is 11.6 Å². The summed E-state index contributed by atoms with van der Waals surface area (Å²) >= 11 is 0. The van der Waals surface area contributed by atoms with E-state index in [1.807, 2.05) is 60.1 Å². The first-order valence-electron chi connectivity index (χ1n) is 13.7.